The van der Waals surface area contributed by atoms with Crippen molar-refractivity contribution < 1.29 is 19.1 Å². The van der Waals surface area contributed by atoms with Gasteiger partial charge in [0.05, 0.1) is 42.4 Å². The molecule has 82 heavy (non-hydrogen) atoms. The molecule has 0 fully saturated rings. The molecule has 15 rings (SSSR count). The molecule has 4 N–H and O–H groups in total. The lowest BCUT2D eigenvalue weighted by molar-refractivity contribution is -0.141. The van der Waals surface area contributed by atoms with E-state index in [2.05, 4.69) is 44.2 Å². The van der Waals surface area contributed by atoms with Crippen LogP contribution in [0.1, 0.15) is 46.7 Å². The monoisotopic (exact) mass is 1080 g/mol. The number of H-pyrrole nitrogens is 4. The summed E-state index contributed by atoms with van der Waals surface area (Å²) < 4.78 is 12.3. The highest BCUT2D eigenvalue weighted by molar-refractivity contribution is 6.08. The van der Waals surface area contributed by atoms with Crippen LogP contribution in [-0.2, 0) is 51.8 Å². The Balaban J connectivity index is 1.03. The number of aryl methyl sites for hydroxylation is 5. The fourth-order valence-electron chi connectivity index (χ4n) is 11.8. The average Bonchev–Trinajstić information content (AvgIpc) is 4.44. The summed E-state index contributed by atoms with van der Waals surface area (Å²) in [6.45, 7) is 0. The van der Waals surface area contributed by atoms with E-state index in [0.717, 1.165) is 105 Å². The van der Waals surface area contributed by atoms with Crippen LogP contribution in [0.25, 0.3) is 146 Å². The Hall–Kier alpha value is -10.8. The summed E-state index contributed by atoms with van der Waals surface area (Å²) in [7, 11) is 4.76. The molecule has 18 nitrogen and oxygen atoms in total. The summed E-state index contributed by atoms with van der Waals surface area (Å²) in [6, 6.07) is 38.5. The van der Waals surface area contributed by atoms with E-state index in [1.807, 2.05) is 121 Å². The highest BCUT2D eigenvalue weighted by Gasteiger charge is 2.25. The largest absolute Gasteiger partial charge is 0.469 e. The molecule has 0 unspecified atom stereocenters. The average molecular weight is 1080 g/mol. The minimum Gasteiger partial charge on any atom is -0.469 e. The third-order valence-corrected chi connectivity index (χ3v) is 15.8. The molecule has 0 spiro atoms. The molecule has 0 saturated carbocycles. The molecule has 4 aromatic carbocycles. The van der Waals surface area contributed by atoms with Gasteiger partial charge in [-0.15, -0.1) is 0 Å². The molecule has 0 amide bonds. The van der Waals surface area contributed by atoms with Crippen molar-refractivity contribution in [2.75, 3.05) is 14.2 Å². The van der Waals surface area contributed by atoms with Crippen molar-refractivity contribution in [3.05, 3.63) is 162 Å². The number of imidazole rings is 1. The van der Waals surface area contributed by atoms with Gasteiger partial charge in [0.1, 0.15) is 28.4 Å². The number of carbonyl (C=O) groups is 2. The Morgan fingerprint density at radius 3 is 1.54 bits per heavy atom. The van der Waals surface area contributed by atoms with Crippen LogP contribution in [0.5, 0.6) is 0 Å². The van der Waals surface area contributed by atoms with E-state index in [0.29, 0.717) is 88.8 Å². The molecule has 398 valence electrons. The molecule has 0 radical (unpaired) electrons. The number of methoxy groups -OCH3 is 2. The molecule has 18 heteroatoms. The summed E-state index contributed by atoms with van der Waals surface area (Å²) in [5, 5.41) is 3.38. The number of carbonyl (C=O) groups excluding carboxylic acids is 2. The molecule has 0 aliphatic carbocycles. The molecule has 0 atom stereocenters. The number of fused-ring (bicyclic) bond motifs is 28. The minimum atomic E-state index is -0.334. The van der Waals surface area contributed by atoms with Crippen LogP contribution in [0.2, 0.25) is 0 Å². The number of esters is 2. The van der Waals surface area contributed by atoms with Gasteiger partial charge >= 0.3 is 11.9 Å². The number of hydrogen-bond donors (Lipinski definition) is 4. The van der Waals surface area contributed by atoms with Crippen molar-refractivity contribution in [1.29, 1.82) is 0 Å². The number of nitrogens with one attached hydrogen (secondary N) is 4. The van der Waals surface area contributed by atoms with Crippen LogP contribution in [0.3, 0.4) is 0 Å². The lowest BCUT2D eigenvalue weighted by Gasteiger charge is -2.07. The summed E-state index contributed by atoms with van der Waals surface area (Å²) in [5.41, 5.74) is 16.2. The number of nitrogens with zero attached hydrogens (tertiary/aromatic N) is 10. The summed E-state index contributed by atoms with van der Waals surface area (Å²) in [5.74, 6) is 2.07. The topological polar surface area (TPSA) is 237 Å². The van der Waals surface area contributed by atoms with Gasteiger partial charge in [0.2, 0.25) is 0 Å². The molecule has 4 aliphatic heterocycles. The molecule has 11 aromatic rings. The number of aromatic amines is 4. The lowest BCUT2D eigenvalue weighted by Crippen LogP contribution is -2.04. The maximum Gasteiger partial charge on any atom is 0.305 e. The van der Waals surface area contributed by atoms with Crippen LogP contribution in [-0.4, -0.2) is 95.5 Å². The van der Waals surface area contributed by atoms with Crippen LogP contribution >= 0.6 is 0 Å². The molecule has 0 saturated heterocycles. The second-order valence-corrected chi connectivity index (χ2v) is 20.5. The number of aromatic nitrogens is 14. The normalized spacial score (nSPS) is 12.5. The zero-order valence-corrected chi connectivity index (χ0v) is 44.6. The van der Waals surface area contributed by atoms with Gasteiger partial charge in [0, 0.05) is 109 Å². The summed E-state index contributed by atoms with van der Waals surface area (Å²) in [4.78, 5) is 87.3. The van der Waals surface area contributed by atoms with Gasteiger partial charge in [-0.2, -0.15) is 0 Å². The van der Waals surface area contributed by atoms with E-state index in [9.17, 15) is 9.59 Å². The van der Waals surface area contributed by atoms with Gasteiger partial charge in [-0.1, -0.05) is 78.9 Å². The number of benzene rings is 4. The molecule has 16 bridgehead atoms. The Bertz CT molecular complexity index is 4940. The minimum absolute atomic E-state index is 0.132. The van der Waals surface area contributed by atoms with Crippen molar-refractivity contribution >= 4 is 90.3 Å². The van der Waals surface area contributed by atoms with Crippen LogP contribution in [0, 0.1) is 0 Å². The molecular formula is C64H48N14O4. The van der Waals surface area contributed by atoms with E-state index in [1.54, 1.807) is 6.20 Å². The molecular weight excluding hydrogens is 1030 g/mol. The number of rotatable bonds is 8. The predicted octanol–water partition coefficient (Wildman–Crippen LogP) is 11.7. The van der Waals surface area contributed by atoms with Gasteiger partial charge in [-0.25, -0.2) is 39.9 Å². The fourth-order valence-corrected chi connectivity index (χ4v) is 11.8. The van der Waals surface area contributed by atoms with Crippen molar-refractivity contribution in [2.45, 2.75) is 38.5 Å². The molecule has 7 aromatic heterocycles. The second kappa shape index (κ2) is 19.3. The first-order chi connectivity index (χ1) is 40.2. The summed E-state index contributed by atoms with van der Waals surface area (Å²) in [6.07, 6.45) is 9.84. The van der Waals surface area contributed by atoms with Crippen molar-refractivity contribution in [3.63, 3.8) is 0 Å². The third kappa shape index (κ3) is 8.13. The third-order valence-electron chi connectivity index (χ3n) is 15.8. The highest BCUT2D eigenvalue weighted by atomic mass is 16.5. The van der Waals surface area contributed by atoms with E-state index < -0.39 is 0 Å². The van der Waals surface area contributed by atoms with Gasteiger partial charge in [-0.05, 0) is 85.4 Å². The fraction of sp³-hybridized carbons (Fsp3) is 0.141. The van der Waals surface area contributed by atoms with Crippen molar-refractivity contribution in [2.24, 2.45) is 7.05 Å². The Labute approximate surface area is 466 Å². The maximum atomic E-state index is 12.9. The first-order valence-electron chi connectivity index (χ1n) is 27.0. The summed E-state index contributed by atoms with van der Waals surface area (Å²) >= 11 is 0. The zero-order valence-electron chi connectivity index (χ0n) is 44.6. The second-order valence-electron chi connectivity index (χ2n) is 20.5. The van der Waals surface area contributed by atoms with E-state index in [-0.39, 0.29) is 24.8 Å². The number of hydrogen-bond acceptors (Lipinski definition) is 13. The van der Waals surface area contributed by atoms with E-state index in [4.69, 9.17) is 54.3 Å². The van der Waals surface area contributed by atoms with Gasteiger partial charge in [-0.3, -0.25) is 14.6 Å². The zero-order chi connectivity index (χ0) is 55.2. The van der Waals surface area contributed by atoms with E-state index in [1.165, 1.54) is 14.2 Å². The number of ether oxygens (including phenoxy) is 2. The Morgan fingerprint density at radius 1 is 0.488 bits per heavy atom. The quantitative estimate of drug-likeness (QED) is 0.104. The SMILES string of the molecule is COC(=O)CCc1c2nc(c(-c3nccn3C)c3ccc([nH]3)c(CCC(=O)OC)c3nc(c(-c4ccc5c6nc7nc(nc8[nH]c(nc9nc(nc([nH]6)c5c4)-c4ccccc4-9)c4ccccc84)-c4ccccc4-7)c4ccc1[nH]4)CC3)C=C2. The maximum absolute atomic E-state index is 12.9. The van der Waals surface area contributed by atoms with Crippen molar-refractivity contribution in [1.82, 2.24) is 69.4 Å². The smallest absolute Gasteiger partial charge is 0.305 e. The van der Waals surface area contributed by atoms with Crippen molar-refractivity contribution in [3.8, 4) is 68.1 Å². The van der Waals surface area contributed by atoms with E-state index >= 15 is 0 Å². The molecule has 11 heterocycles. The van der Waals surface area contributed by atoms with Crippen LogP contribution < -0.4 is 0 Å². The van der Waals surface area contributed by atoms with Gasteiger partial charge in [0.15, 0.2) is 23.3 Å². The molecule has 4 aliphatic rings. The lowest BCUT2D eigenvalue weighted by atomic mass is 9.99. The first kappa shape index (κ1) is 48.4. The predicted molar refractivity (Wildman–Crippen MR) is 315 cm³/mol. The van der Waals surface area contributed by atoms with Gasteiger partial charge in [0.25, 0.3) is 0 Å². The van der Waals surface area contributed by atoms with Crippen LogP contribution in [0.15, 0.2) is 128 Å². The first-order valence-corrected chi connectivity index (χ1v) is 27.0. The van der Waals surface area contributed by atoms with Crippen LogP contribution in [0.4, 0.5) is 0 Å². The highest BCUT2D eigenvalue weighted by Crippen LogP contribution is 2.40. The standard InChI is InChI=1S/C64H48N14O4/c1-78-31-30-65-64(78)55-50-26-22-46(68-50)41(18-28-52(79)81-2)44-20-24-48(66-44)54(49-25-21-45(67-49)42(19-29-53(80)82-3)47-23-27-51(55)69-47)33-16-17-40-43(32-33)63-76-61-39-15-9-8-14-38(39)59(74-61)72-57-35-11-5-4-10-34(35)56(70-57)71-58-36-12-6-7-13-37(36)60(73-58)75-62(40)77-63/h4-17,20,22-24,26-27,30-32,66,69H,18-19,21,25,28-29H2,1-3H3,(H2,70,71,72,73,74,75,76,77). The Kier molecular flexibility index (Phi) is 11.4. The van der Waals surface area contributed by atoms with Gasteiger partial charge < -0.3 is 34.0 Å². The Morgan fingerprint density at radius 2 is 0.976 bits per heavy atom.